The van der Waals surface area contributed by atoms with Gasteiger partial charge in [-0.2, -0.15) is 0 Å². The fraction of sp³-hybridized carbons (Fsp3) is 0.727. The van der Waals surface area contributed by atoms with E-state index in [0.29, 0.717) is 6.04 Å². The van der Waals surface area contributed by atoms with Gasteiger partial charge in [-0.1, -0.05) is 6.07 Å². The monoisotopic (exact) mass is 370 g/mol. The smallest absolute Gasteiger partial charge is 0.165 e. The third kappa shape index (κ3) is 1.86. The third-order valence-corrected chi connectivity index (χ3v) is 8.34. The molecular weight excluding hydrogens is 340 g/mol. The minimum atomic E-state index is -0.203. The predicted molar refractivity (Wildman–Crippen MR) is 102 cm³/mol. The number of methoxy groups -OCH3 is 2. The molecule has 2 unspecified atom stereocenters. The van der Waals surface area contributed by atoms with E-state index in [1.807, 2.05) is 7.11 Å². The fourth-order valence-electron chi connectivity index (χ4n) is 7.06. The van der Waals surface area contributed by atoms with Gasteiger partial charge in [0.2, 0.25) is 0 Å². The topological polar surface area (TPSA) is 57.0 Å². The lowest BCUT2D eigenvalue weighted by atomic mass is 9.48. The van der Waals surface area contributed by atoms with E-state index in [9.17, 15) is 0 Å². The van der Waals surface area contributed by atoms with Crippen LogP contribution in [0.1, 0.15) is 43.2 Å². The summed E-state index contributed by atoms with van der Waals surface area (Å²) in [5.41, 5.74) is 9.09. The Labute approximate surface area is 161 Å². The molecule has 1 aromatic rings. The van der Waals surface area contributed by atoms with Crippen molar-refractivity contribution < 1.29 is 14.2 Å². The van der Waals surface area contributed by atoms with Gasteiger partial charge in [-0.05, 0) is 62.6 Å². The Hall–Kier alpha value is -1.30. The average Bonchev–Trinajstić information content (AvgIpc) is 3.43. The summed E-state index contributed by atoms with van der Waals surface area (Å²) in [6.45, 7) is 2.34. The van der Waals surface area contributed by atoms with E-state index >= 15 is 0 Å². The Morgan fingerprint density at radius 3 is 2.81 bits per heavy atom. The molecule has 27 heavy (non-hydrogen) atoms. The highest BCUT2D eigenvalue weighted by Gasteiger charge is 2.73. The minimum absolute atomic E-state index is 0.0119. The highest BCUT2D eigenvalue weighted by atomic mass is 16.5. The summed E-state index contributed by atoms with van der Waals surface area (Å²) in [6.07, 6.45) is 6.86. The molecule has 2 heterocycles. The molecule has 1 aromatic carbocycles. The van der Waals surface area contributed by atoms with Crippen molar-refractivity contribution in [1.29, 1.82) is 0 Å². The van der Waals surface area contributed by atoms with Crippen LogP contribution in [0.5, 0.6) is 11.5 Å². The van der Waals surface area contributed by atoms with Gasteiger partial charge >= 0.3 is 0 Å². The predicted octanol–water partition coefficient (Wildman–Crippen LogP) is 2.24. The molecule has 5 nitrogen and oxygen atoms in total. The van der Waals surface area contributed by atoms with Crippen LogP contribution in [0.15, 0.2) is 12.1 Å². The molecule has 3 aliphatic carbocycles. The van der Waals surface area contributed by atoms with E-state index in [1.54, 1.807) is 7.11 Å². The van der Waals surface area contributed by atoms with Gasteiger partial charge in [0.05, 0.1) is 18.1 Å². The summed E-state index contributed by atoms with van der Waals surface area (Å²) in [6, 6.07) is 4.81. The van der Waals surface area contributed by atoms with Crippen molar-refractivity contribution in [3.8, 4) is 11.5 Å². The highest BCUT2D eigenvalue weighted by molar-refractivity contribution is 5.63. The summed E-state index contributed by atoms with van der Waals surface area (Å²) in [5, 5.41) is 0. The Balaban J connectivity index is 1.58. The van der Waals surface area contributed by atoms with Crippen LogP contribution in [-0.4, -0.2) is 56.0 Å². The molecule has 5 heteroatoms. The van der Waals surface area contributed by atoms with Gasteiger partial charge in [0, 0.05) is 31.3 Å². The van der Waals surface area contributed by atoms with E-state index in [1.165, 1.54) is 30.5 Å². The number of hydrogen-bond acceptors (Lipinski definition) is 5. The van der Waals surface area contributed by atoms with E-state index in [4.69, 9.17) is 19.9 Å². The first kappa shape index (κ1) is 16.6. The van der Waals surface area contributed by atoms with Gasteiger partial charge in [0.25, 0.3) is 0 Å². The standard InChI is InChI=1S/C22H30N2O3/c1-25-16-6-5-14-11-17-22(26-2)8-7-15(23)20-21(22,18(14)19(16)27-20)9-10-24(17)12-13-3-4-13/h5-6,13,15,17,20H,3-4,7-12,23H2,1-2H3/t15-,17?,20?,21+,22-/m1/s1. The fourth-order valence-corrected chi connectivity index (χ4v) is 7.06. The molecule has 5 atom stereocenters. The van der Waals surface area contributed by atoms with Gasteiger partial charge in [-0.3, -0.25) is 4.90 Å². The van der Waals surface area contributed by atoms with Gasteiger partial charge in [0.1, 0.15) is 6.10 Å². The van der Waals surface area contributed by atoms with Crippen LogP contribution in [0.3, 0.4) is 0 Å². The zero-order valence-electron chi connectivity index (χ0n) is 16.4. The second-order valence-corrected chi connectivity index (χ2v) is 9.35. The molecule has 3 fully saturated rings. The molecule has 5 aliphatic rings. The zero-order chi connectivity index (χ0) is 18.4. The number of nitrogens with two attached hydrogens (primary N) is 1. The van der Waals surface area contributed by atoms with Crippen molar-refractivity contribution in [2.24, 2.45) is 11.7 Å². The first-order valence-electron chi connectivity index (χ1n) is 10.6. The molecule has 1 spiro atoms. The molecule has 2 aliphatic heterocycles. The lowest BCUT2D eigenvalue weighted by molar-refractivity contribution is -0.205. The molecule has 1 saturated heterocycles. The van der Waals surface area contributed by atoms with E-state index in [-0.39, 0.29) is 23.2 Å². The van der Waals surface area contributed by atoms with E-state index in [0.717, 1.165) is 49.6 Å². The lowest BCUT2D eigenvalue weighted by Gasteiger charge is -2.65. The van der Waals surface area contributed by atoms with Crippen LogP contribution >= 0.6 is 0 Å². The Kier molecular flexibility index (Phi) is 3.33. The summed E-state index contributed by atoms with van der Waals surface area (Å²) in [7, 11) is 3.65. The van der Waals surface area contributed by atoms with Crippen molar-refractivity contribution in [1.82, 2.24) is 4.90 Å². The van der Waals surface area contributed by atoms with Crippen molar-refractivity contribution in [2.45, 2.75) is 67.7 Å². The van der Waals surface area contributed by atoms with Crippen LogP contribution in [0.25, 0.3) is 0 Å². The molecule has 0 amide bonds. The number of hydrogen-bond donors (Lipinski definition) is 1. The molecule has 6 rings (SSSR count). The zero-order valence-corrected chi connectivity index (χ0v) is 16.4. The molecule has 146 valence electrons. The number of benzene rings is 1. The second kappa shape index (κ2) is 5.40. The molecule has 2 bridgehead atoms. The molecule has 0 radical (unpaired) electrons. The van der Waals surface area contributed by atoms with Crippen molar-refractivity contribution >= 4 is 0 Å². The van der Waals surface area contributed by atoms with Crippen molar-refractivity contribution in [3.63, 3.8) is 0 Å². The van der Waals surface area contributed by atoms with E-state index < -0.39 is 0 Å². The second-order valence-electron chi connectivity index (χ2n) is 9.35. The molecular formula is C22H30N2O3. The number of ether oxygens (including phenoxy) is 3. The third-order valence-electron chi connectivity index (χ3n) is 8.34. The van der Waals surface area contributed by atoms with Crippen molar-refractivity contribution in [2.75, 3.05) is 27.3 Å². The summed E-state index contributed by atoms with van der Waals surface area (Å²) >= 11 is 0. The van der Waals surface area contributed by atoms with Gasteiger partial charge in [-0.15, -0.1) is 0 Å². The Morgan fingerprint density at radius 2 is 2.07 bits per heavy atom. The lowest BCUT2D eigenvalue weighted by Crippen LogP contribution is -2.78. The first-order valence-corrected chi connectivity index (χ1v) is 10.6. The maximum atomic E-state index is 6.66. The maximum Gasteiger partial charge on any atom is 0.165 e. The van der Waals surface area contributed by atoms with Gasteiger partial charge in [-0.25, -0.2) is 0 Å². The Bertz CT molecular complexity index is 794. The van der Waals surface area contributed by atoms with Gasteiger partial charge in [0.15, 0.2) is 11.5 Å². The Morgan fingerprint density at radius 1 is 1.22 bits per heavy atom. The number of piperidine rings is 1. The maximum absolute atomic E-state index is 6.66. The highest BCUT2D eigenvalue weighted by Crippen LogP contribution is 2.66. The summed E-state index contributed by atoms with van der Waals surface area (Å²) in [4.78, 5) is 2.74. The number of rotatable bonds is 4. The first-order chi connectivity index (χ1) is 13.1. The van der Waals surface area contributed by atoms with Crippen LogP contribution in [0.4, 0.5) is 0 Å². The average molecular weight is 370 g/mol. The minimum Gasteiger partial charge on any atom is -0.493 e. The normalized spacial score (nSPS) is 41.8. The van der Waals surface area contributed by atoms with Gasteiger partial charge < -0.3 is 19.9 Å². The summed E-state index contributed by atoms with van der Waals surface area (Å²) < 4.78 is 18.8. The number of nitrogens with zero attached hydrogens (tertiary/aromatic N) is 1. The largest absolute Gasteiger partial charge is 0.493 e. The van der Waals surface area contributed by atoms with Crippen LogP contribution in [-0.2, 0) is 16.6 Å². The van der Waals surface area contributed by atoms with Crippen LogP contribution in [0, 0.1) is 5.92 Å². The molecule has 2 N–H and O–H groups in total. The quantitative estimate of drug-likeness (QED) is 0.881. The number of likely N-dealkylation sites (tertiary alicyclic amines) is 1. The van der Waals surface area contributed by atoms with Crippen LogP contribution in [0.2, 0.25) is 0 Å². The molecule has 2 saturated carbocycles. The van der Waals surface area contributed by atoms with Crippen molar-refractivity contribution in [3.05, 3.63) is 23.3 Å². The SMILES string of the molecule is COc1ccc2c3c1OC1[C@H](N)CC[C@@]4(OC)C(C2)N(CC2CC2)CC[C@]314. The van der Waals surface area contributed by atoms with E-state index in [2.05, 4.69) is 17.0 Å². The molecule has 0 aromatic heterocycles. The summed E-state index contributed by atoms with van der Waals surface area (Å²) in [5.74, 6) is 2.67. The van der Waals surface area contributed by atoms with Crippen LogP contribution < -0.4 is 15.2 Å².